The first-order valence-corrected chi connectivity index (χ1v) is 21.9. The van der Waals surface area contributed by atoms with E-state index >= 15 is 0 Å². The van der Waals surface area contributed by atoms with E-state index in [1.54, 1.807) is 0 Å². The monoisotopic (exact) mass is 705 g/mol. The third-order valence-electron chi connectivity index (χ3n) is 9.49. The van der Waals surface area contributed by atoms with Crippen LogP contribution in [0.1, 0.15) is 226 Å². The van der Waals surface area contributed by atoms with Crippen molar-refractivity contribution >= 4 is 11.9 Å². The van der Waals surface area contributed by atoms with E-state index in [9.17, 15) is 9.59 Å². The minimum atomic E-state index is -0.530. The third kappa shape index (κ3) is 39.2. The van der Waals surface area contributed by atoms with E-state index in [1.165, 1.54) is 141 Å². The van der Waals surface area contributed by atoms with Crippen molar-refractivity contribution < 1.29 is 23.8 Å². The predicted octanol–water partition coefficient (Wildman–Crippen LogP) is 14.1. The average Bonchev–Trinajstić information content (AvgIpc) is 3.11. The SMILES string of the molecule is CCCCC/C=C\C/C=C\CCCCCCCC(=O)OCC(COCCCCCCCCCCCCCC)OC(=O)CCCCCCCCC. The van der Waals surface area contributed by atoms with Gasteiger partial charge in [0, 0.05) is 19.4 Å². The summed E-state index contributed by atoms with van der Waals surface area (Å²) >= 11 is 0. The summed E-state index contributed by atoms with van der Waals surface area (Å²) in [4.78, 5) is 25.1. The van der Waals surface area contributed by atoms with Crippen molar-refractivity contribution in [3.8, 4) is 0 Å². The Labute approximate surface area is 311 Å². The summed E-state index contributed by atoms with van der Waals surface area (Å²) in [6.45, 7) is 7.77. The van der Waals surface area contributed by atoms with E-state index in [0.29, 0.717) is 19.4 Å². The average molecular weight is 705 g/mol. The van der Waals surface area contributed by atoms with E-state index in [-0.39, 0.29) is 25.2 Å². The minimum absolute atomic E-state index is 0.0836. The number of carbonyl (C=O) groups is 2. The zero-order chi connectivity index (χ0) is 36.4. The first kappa shape index (κ1) is 48.4. The molecule has 1 unspecified atom stereocenters. The predicted molar refractivity (Wildman–Crippen MR) is 215 cm³/mol. The van der Waals surface area contributed by atoms with Crippen LogP contribution in [0.5, 0.6) is 0 Å². The van der Waals surface area contributed by atoms with E-state index in [4.69, 9.17) is 14.2 Å². The topological polar surface area (TPSA) is 61.8 Å². The maximum absolute atomic E-state index is 12.6. The van der Waals surface area contributed by atoms with Crippen LogP contribution in [0.3, 0.4) is 0 Å². The fourth-order valence-corrected chi connectivity index (χ4v) is 6.19. The Hall–Kier alpha value is -1.62. The van der Waals surface area contributed by atoms with Gasteiger partial charge in [0.15, 0.2) is 6.10 Å². The van der Waals surface area contributed by atoms with Crippen LogP contribution in [-0.4, -0.2) is 37.9 Å². The van der Waals surface area contributed by atoms with Crippen LogP contribution in [0.4, 0.5) is 0 Å². The molecule has 0 aliphatic carbocycles. The zero-order valence-corrected chi connectivity index (χ0v) is 33.7. The van der Waals surface area contributed by atoms with Gasteiger partial charge < -0.3 is 14.2 Å². The van der Waals surface area contributed by atoms with Crippen molar-refractivity contribution in [2.24, 2.45) is 0 Å². The molecule has 0 saturated carbocycles. The van der Waals surface area contributed by atoms with Gasteiger partial charge in [0.1, 0.15) is 6.61 Å². The van der Waals surface area contributed by atoms with Crippen LogP contribution in [0.15, 0.2) is 24.3 Å². The molecule has 0 heterocycles. The molecule has 1 atom stereocenters. The molecule has 0 bridgehead atoms. The number of hydrogen-bond acceptors (Lipinski definition) is 5. The second-order valence-corrected chi connectivity index (χ2v) is 14.6. The van der Waals surface area contributed by atoms with Gasteiger partial charge in [-0.2, -0.15) is 0 Å². The van der Waals surface area contributed by atoms with Gasteiger partial charge in [-0.15, -0.1) is 0 Å². The molecule has 0 fully saturated rings. The second-order valence-electron chi connectivity index (χ2n) is 14.6. The summed E-state index contributed by atoms with van der Waals surface area (Å²) in [5, 5.41) is 0. The van der Waals surface area contributed by atoms with Crippen LogP contribution in [0.2, 0.25) is 0 Å². The highest BCUT2D eigenvalue weighted by Crippen LogP contribution is 2.14. The van der Waals surface area contributed by atoms with Gasteiger partial charge in [0.05, 0.1) is 6.61 Å². The molecule has 0 N–H and O–H groups in total. The first-order chi connectivity index (χ1) is 24.6. The smallest absolute Gasteiger partial charge is 0.306 e. The lowest BCUT2D eigenvalue weighted by Gasteiger charge is -2.18. The highest BCUT2D eigenvalue weighted by Gasteiger charge is 2.17. The Kier molecular flexibility index (Phi) is 40.4. The summed E-state index contributed by atoms with van der Waals surface area (Å²) in [6, 6.07) is 0. The van der Waals surface area contributed by atoms with Gasteiger partial charge in [0.2, 0.25) is 0 Å². The summed E-state index contributed by atoms with van der Waals surface area (Å²) in [5.41, 5.74) is 0. The highest BCUT2D eigenvalue weighted by molar-refractivity contribution is 5.70. The van der Waals surface area contributed by atoms with Crippen LogP contribution in [-0.2, 0) is 23.8 Å². The first-order valence-electron chi connectivity index (χ1n) is 21.9. The van der Waals surface area contributed by atoms with Crippen LogP contribution in [0, 0.1) is 0 Å². The molecule has 0 amide bonds. The fourth-order valence-electron chi connectivity index (χ4n) is 6.19. The maximum Gasteiger partial charge on any atom is 0.306 e. The Balaban J connectivity index is 4.16. The highest BCUT2D eigenvalue weighted by atomic mass is 16.6. The van der Waals surface area contributed by atoms with Gasteiger partial charge in [-0.3, -0.25) is 9.59 Å². The summed E-state index contributed by atoms with van der Waals surface area (Å²) in [7, 11) is 0. The molecular formula is C45H84O5. The standard InChI is InChI=1S/C45H84O5/c1-4-7-10-13-16-18-20-22-23-24-25-27-30-32-35-38-44(46)49-42-43(50-45(47)39-36-33-29-15-12-9-6-3)41-48-40-37-34-31-28-26-21-19-17-14-11-8-5-2/h16,18,22-23,43H,4-15,17,19-21,24-42H2,1-3H3/b18-16-,23-22-. The molecule has 50 heavy (non-hydrogen) atoms. The number of unbranched alkanes of at least 4 members (excludes halogenated alkanes) is 25. The zero-order valence-electron chi connectivity index (χ0n) is 33.7. The maximum atomic E-state index is 12.6. The van der Waals surface area contributed by atoms with Crippen molar-refractivity contribution in [3.63, 3.8) is 0 Å². The lowest BCUT2D eigenvalue weighted by Crippen LogP contribution is -2.30. The van der Waals surface area contributed by atoms with Gasteiger partial charge in [-0.05, 0) is 51.4 Å². The fraction of sp³-hybridized carbons (Fsp3) is 0.867. The molecule has 294 valence electrons. The van der Waals surface area contributed by atoms with E-state index in [1.807, 2.05) is 0 Å². The molecule has 0 aromatic carbocycles. The van der Waals surface area contributed by atoms with Crippen molar-refractivity contribution in [2.75, 3.05) is 19.8 Å². The molecule has 0 saturated heterocycles. The van der Waals surface area contributed by atoms with Crippen molar-refractivity contribution in [1.82, 2.24) is 0 Å². The van der Waals surface area contributed by atoms with Crippen molar-refractivity contribution in [3.05, 3.63) is 24.3 Å². The summed E-state index contributed by atoms with van der Waals surface area (Å²) in [5.74, 6) is -0.410. The van der Waals surface area contributed by atoms with Gasteiger partial charge in [0.25, 0.3) is 0 Å². The molecule has 0 spiro atoms. The Morgan fingerprint density at radius 3 is 1.36 bits per heavy atom. The van der Waals surface area contributed by atoms with E-state index in [2.05, 4.69) is 45.1 Å². The quantitative estimate of drug-likeness (QED) is 0.0361. The number of ether oxygens (including phenoxy) is 3. The lowest BCUT2D eigenvalue weighted by molar-refractivity contribution is -0.163. The molecule has 5 heteroatoms. The number of allylic oxidation sites excluding steroid dienone is 4. The van der Waals surface area contributed by atoms with Crippen LogP contribution < -0.4 is 0 Å². The Morgan fingerprint density at radius 1 is 0.440 bits per heavy atom. The van der Waals surface area contributed by atoms with Gasteiger partial charge in [-0.25, -0.2) is 0 Å². The largest absolute Gasteiger partial charge is 0.462 e. The van der Waals surface area contributed by atoms with Crippen molar-refractivity contribution in [1.29, 1.82) is 0 Å². The van der Waals surface area contributed by atoms with E-state index in [0.717, 1.165) is 51.4 Å². The normalized spacial score (nSPS) is 12.3. The number of rotatable bonds is 40. The van der Waals surface area contributed by atoms with Crippen molar-refractivity contribution in [2.45, 2.75) is 232 Å². The third-order valence-corrected chi connectivity index (χ3v) is 9.49. The summed E-state index contributed by atoms with van der Waals surface area (Å²) < 4.78 is 17.2. The number of esters is 2. The van der Waals surface area contributed by atoms with Crippen LogP contribution >= 0.6 is 0 Å². The molecule has 0 rings (SSSR count). The lowest BCUT2D eigenvalue weighted by atomic mass is 10.1. The van der Waals surface area contributed by atoms with Crippen LogP contribution in [0.25, 0.3) is 0 Å². The molecule has 0 aliphatic heterocycles. The molecule has 0 radical (unpaired) electrons. The Bertz CT molecular complexity index is 761. The molecule has 0 aromatic rings. The Morgan fingerprint density at radius 2 is 0.840 bits per heavy atom. The minimum Gasteiger partial charge on any atom is -0.462 e. The summed E-state index contributed by atoms with van der Waals surface area (Å²) in [6.07, 6.45) is 46.0. The molecule has 0 aliphatic rings. The number of hydrogen-bond donors (Lipinski definition) is 0. The number of carbonyl (C=O) groups excluding carboxylic acids is 2. The molecule has 0 aromatic heterocycles. The molecular weight excluding hydrogens is 620 g/mol. The van der Waals surface area contributed by atoms with Gasteiger partial charge >= 0.3 is 11.9 Å². The second kappa shape index (κ2) is 41.8. The van der Waals surface area contributed by atoms with Gasteiger partial charge in [-0.1, -0.05) is 186 Å². The van der Waals surface area contributed by atoms with E-state index < -0.39 is 6.10 Å². The molecule has 5 nitrogen and oxygen atoms in total.